The van der Waals surface area contributed by atoms with Gasteiger partial charge >= 0.3 is 11.9 Å². The van der Waals surface area contributed by atoms with Crippen LogP contribution in [0.5, 0.6) is 0 Å². The van der Waals surface area contributed by atoms with Crippen LogP contribution in [0, 0.1) is 6.07 Å². The van der Waals surface area contributed by atoms with Gasteiger partial charge in [0.2, 0.25) is 0 Å². The Kier molecular flexibility index (Phi) is 4.72. The average molecular weight is 254 g/mol. The molecule has 0 saturated heterocycles. The van der Waals surface area contributed by atoms with E-state index in [1.54, 1.807) is 18.2 Å². The molecule has 0 spiro atoms. The third kappa shape index (κ3) is 3.60. The molecule has 0 N–H and O–H groups in total. The molecule has 17 heavy (non-hydrogen) atoms. The largest absolute Gasteiger partial charge is 0.465 e. The van der Waals surface area contributed by atoms with Gasteiger partial charge in [-0.15, -0.1) is 0 Å². The van der Waals surface area contributed by atoms with E-state index >= 15 is 0 Å². The highest BCUT2D eigenvalue weighted by atomic mass is 35.5. The van der Waals surface area contributed by atoms with E-state index in [2.05, 4.69) is 15.5 Å². The van der Waals surface area contributed by atoms with Gasteiger partial charge in [-0.1, -0.05) is 23.7 Å². The second kappa shape index (κ2) is 6.06. The van der Waals surface area contributed by atoms with Crippen LogP contribution < -0.4 is 0 Å². The third-order valence-corrected chi connectivity index (χ3v) is 2.13. The van der Waals surface area contributed by atoms with Crippen molar-refractivity contribution >= 4 is 29.6 Å². The average Bonchev–Trinajstić information content (AvgIpc) is 2.34. The maximum atomic E-state index is 11.4. The van der Waals surface area contributed by atoms with Gasteiger partial charge in [-0.25, -0.2) is 9.59 Å². The molecule has 0 saturated carbocycles. The minimum absolute atomic E-state index is 0.197. The van der Waals surface area contributed by atoms with Gasteiger partial charge in [0.15, 0.2) is 0 Å². The van der Waals surface area contributed by atoms with Gasteiger partial charge in [0, 0.05) is 11.1 Å². The first-order valence-electron chi connectivity index (χ1n) is 4.64. The lowest BCUT2D eigenvalue weighted by Gasteiger charge is -2.03. The number of rotatable bonds is 3. The minimum Gasteiger partial charge on any atom is -0.465 e. The molecule has 89 valence electrons. The molecule has 0 aromatic heterocycles. The van der Waals surface area contributed by atoms with Crippen molar-refractivity contribution in [2.75, 3.05) is 14.2 Å². The van der Waals surface area contributed by atoms with Crippen LogP contribution in [0.3, 0.4) is 0 Å². The quantitative estimate of drug-likeness (QED) is 0.357. The van der Waals surface area contributed by atoms with E-state index in [1.807, 2.05) is 0 Å². The normalized spacial score (nSPS) is 9.35. The molecular weight excluding hydrogens is 244 g/mol. The lowest BCUT2D eigenvalue weighted by atomic mass is 10.1. The summed E-state index contributed by atoms with van der Waals surface area (Å²) in [4.78, 5) is 22.7. The highest BCUT2D eigenvalue weighted by Gasteiger charge is 2.19. The van der Waals surface area contributed by atoms with Crippen LogP contribution >= 0.6 is 11.6 Å². The fourth-order valence-electron chi connectivity index (χ4n) is 1.13. The molecule has 0 aliphatic rings. The van der Waals surface area contributed by atoms with Crippen LogP contribution in [-0.2, 0) is 19.1 Å². The number of carbonyl (C=O) groups is 2. The van der Waals surface area contributed by atoms with Crippen molar-refractivity contribution in [1.82, 2.24) is 0 Å². The SMILES string of the molecule is COC(=O)C(=Cc1cc[c]c(Cl)c1)C(=O)OC. The second-order valence-electron chi connectivity index (χ2n) is 3.01. The number of halogens is 1. The Labute approximate surface area is 104 Å². The highest BCUT2D eigenvalue weighted by molar-refractivity contribution is 6.30. The van der Waals surface area contributed by atoms with Gasteiger partial charge < -0.3 is 9.47 Å². The predicted octanol–water partition coefficient (Wildman–Crippen LogP) is 1.87. The van der Waals surface area contributed by atoms with Crippen molar-refractivity contribution in [1.29, 1.82) is 0 Å². The maximum absolute atomic E-state index is 11.4. The fourth-order valence-corrected chi connectivity index (χ4v) is 1.32. The summed E-state index contributed by atoms with van der Waals surface area (Å²) in [6.07, 6.45) is 1.34. The zero-order chi connectivity index (χ0) is 12.8. The molecule has 0 bridgehead atoms. The molecule has 0 aliphatic carbocycles. The van der Waals surface area contributed by atoms with Crippen LogP contribution in [0.4, 0.5) is 0 Å². The van der Waals surface area contributed by atoms with Crippen LogP contribution in [0.1, 0.15) is 5.56 Å². The molecule has 0 heterocycles. The van der Waals surface area contributed by atoms with E-state index in [4.69, 9.17) is 11.6 Å². The molecule has 0 fully saturated rings. The molecular formula is C12H10ClO4. The summed E-state index contributed by atoms with van der Waals surface area (Å²) in [6, 6.07) is 7.53. The van der Waals surface area contributed by atoms with Crippen molar-refractivity contribution in [2.24, 2.45) is 0 Å². The zero-order valence-electron chi connectivity index (χ0n) is 9.32. The van der Waals surface area contributed by atoms with Gasteiger partial charge in [0.05, 0.1) is 14.2 Å². The van der Waals surface area contributed by atoms with Gasteiger partial charge in [0.1, 0.15) is 5.57 Å². The van der Waals surface area contributed by atoms with E-state index in [-0.39, 0.29) is 5.57 Å². The van der Waals surface area contributed by atoms with Crippen molar-refractivity contribution in [3.8, 4) is 0 Å². The van der Waals surface area contributed by atoms with Crippen molar-refractivity contribution in [3.63, 3.8) is 0 Å². The minimum atomic E-state index is -0.763. The summed E-state index contributed by atoms with van der Waals surface area (Å²) in [6.45, 7) is 0. The Morgan fingerprint density at radius 2 is 1.88 bits per heavy atom. The zero-order valence-corrected chi connectivity index (χ0v) is 10.1. The molecule has 0 amide bonds. The summed E-state index contributed by atoms with van der Waals surface area (Å²) in [5, 5.41) is 0.382. The summed E-state index contributed by atoms with van der Waals surface area (Å²) in [7, 11) is 2.37. The molecule has 5 heteroatoms. The van der Waals surface area contributed by atoms with Gasteiger partial charge in [-0.3, -0.25) is 0 Å². The van der Waals surface area contributed by atoms with Crippen molar-refractivity contribution in [2.45, 2.75) is 0 Å². The van der Waals surface area contributed by atoms with E-state index < -0.39 is 11.9 Å². The monoisotopic (exact) mass is 253 g/mol. The maximum Gasteiger partial charge on any atom is 0.345 e. The molecule has 1 radical (unpaired) electrons. The molecule has 1 aromatic carbocycles. The smallest absolute Gasteiger partial charge is 0.345 e. The van der Waals surface area contributed by atoms with Crippen LogP contribution in [0.25, 0.3) is 6.08 Å². The molecule has 0 atom stereocenters. The van der Waals surface area contributed by atoms with Crippen LogP contribution in [0.2, 0.25) is 5.02 Å². The van der Waals surface area contributed by atoms with E-state index in [9.17, 15) is 9.59 Å². The number of ether oxygens (including phenoxy) is 2. The fraction of sp³-hybridized carbons (Fsp3) is 0.167. The Hall–Kier alpha value is -1.81. The predicted molar refractivity (Wildman–Crippen MR) is 62.3 cm³/mol. The topological polar surface area (TPSA) is 52.6 Å². The Bertz CT molecular complexity index is 447. The summed E-state index contributed by atoms with van der Waals surface area (Å²) in [5.41, 5.74) is 0.386. The molecule has 0 aliphatic heterocycles. The first kappa shape index (κ1) is 13.3. The van der Waals surface area contributed by atoms with Crippen LogP contribution in [-0.4, -0.2) is 26.2 Å². The Morgan fingerprint density at radius 3 is 2.35 bits per heavy atom. The second-order valence-corrected chi connectivity index (χ2v) is 3.42. The van der Waals surface area contributed by atoms with Gasteiger partial charge in [0.25, 0.3) is 0 Å². The highest BCUT2D eigenvalue weighted by Crippen LogP contribution is 2.14. The van der Waals surface area contributed by atoms with Crippen LogP contribution in [0.15, 0.2) is 23.8 Å². The summed E-state index contributed by atoms with van der Waals surface area (Å²) >= 11 is 5.74. The standard InChI is InChI=1S/C12H10ClO4/c1-16-11(14)10(12(15)17-2)7-8-4-3-5-9(13)6-8/h3-4,6-7H,1-2H3. The molecule has 0 unspecified atom stereocenters. The number of hydrogen-bond acceptors (Lipinski definition) is 4. The third-order valence-electron chi connectivity index (χ3n) is 1.91. The number of benzene rings is 1. The van der Waals surface area contributed by atoms with E-state index in [1.165, 1.54) is 20.3 Å². The van der Waals surface area contributed by atoms with Gasteiger partial charge in [-0.2, -0.15) is 0 Å². The van der Waals surface area contributed by atoms with E-state index in [0.29, 0.717) is 10.6 Å². The lowest BCUT2D eigenvalue weighted by Crippen LogP contribution is -2.15. The summed E-state index contributed by atoms with van der Waals surface area (Å²) < 4.78 is 8.98. The van der Waals surface area contributed by atoms with Gasteiger partial charge in [-0.05, 0) is 17.7 Å². The number of carbonyl (C=O) groups excluding carboxylic acids is 2. The van der Waals surface area contributed by atoms with E-state index in [0.717, 1.165) is 0 Å². The number of methoxy groups -OCH3 is 2. The first-order chi connectivity index (χ1) is 8.08. The molecule has 1 rings (SSSR count). The molecule has 4 nitrogen and oxygen atoms in total. The number of esters is 2. The Balaban J connectivity index is 3.13. The number of hydrogen-bond donors (Lipinski definition) is 0. The van der Waals surface area contributed by atoms with Crippen molar-refractivity contribution in [3.05, 3.63) is 40.4 Å². The Morgan fingerprint density at radius 1 is 1.29 bits per heavy atom. The first-order valence-corrected chi connectivity index (χ1v) is 5.02. The summed E-state index contributed by atoms with van der Waals surface area (Å²) in [5.74, 6) is -1.53. The van der Waals surface area contributed by atoms with Crippen molar-refractivity contribution < 1.29 is 19.1 Å². The lowest BCUT2D eigenvalue weighted by molar-refractivity contribution is -0.143. The molecule has 1 aromatic rings.